The number of hydrogen-bond donors (Lipinski definition) is 1. The maximum absolute atomic E-state index is 12.3. The minimum absolute atomic E-state index is 0.0658. The van der Waals surface area contributed by atoms with E-state index in [-0.39, 0.29) is 22.4 Å². The molecule has 1 aliphatic rings. The van der Waals surface area contributed by atoms with Gasteiger partial charge < -0.3 is 19.7 Å². The summed E-state index contributed by atoms with van der Waals surface area (Å²) in [6.07, 6.45) is 1.23. The molecule has 24 heavy (non-hydrogen) atoms. The highest BCUT2D eigenvalue weighted by Crippen LogP contribution is 2.29. The summed E-state index contributed by atoms with van der Waals surface area (Å²) in [4.78, 5) is 30.6. The molecule has 1 aromatic rings. The molecule has 132 valence electrons. The molecule has 1 aromatic heterocycles. The van der Waals surface area contributed by atoms with E-state index in [1.807, 2.05) is 34.6 Å². The van der Waals surface area contributed by atoms with Gasteiger partial charge in [0.2, 0.25) is 0 Å². The zero-order valence-corrected chi connectivity index (χ0v) is 14.8. The van der Waals surface area contributed by atoms with E-state index in [1.165, 1.54) is 6.07 Å². The van der Waals surface area contributed by atoms with Crippen molar-refractivity contribution in [3.8, 4) is 0 Å². The molecular weight excluding hydrogens is 312 g/mol. The van der Waals surface area contributed by atoms with Gasteiger partial charge in [0.1, 0.15) is 5.60 Å². The molecule has 0 aromatic carbocycles. The minimum Gasteiger partial charge on any atom is -0.444 e. The van der Waals surface area contributed by atoms with E-state index >= 15 is 0 Å². The number of aromatic nitrogens is 1. The van der Waals surface area contributed by atoms with E-state index in [1.54, 1.807) is 17.2 Å². The van der Waals surface area contributed by atoms with Crippen LogP contribution >= 0.6 is 0 Å². The number of pyridine rings is 1. The van der Waals surface area contributed by atoms with Gasteiger partial charge in [-0.15, -0.1) is 0 Å². The number of ether oxygens (including phenoxy) is 1. The fraction of sp³-hybridized carbons (Fsp3) is 0.625. The summed E-state index contributed by atoms with van der Waals surface area (Å²) >= 11 is 0. The molecule has 1 aliphatic heterocycles. The lowest BCUT2D eigenvalue weighted by Gasteiger charge is -2.47. The first-order chi connectivity index (χ1) is 11.0. The number of piperazine rings is 1. The van der Waals surface area contributed by atoms with Gasteiger partial charge in [-0.05, 0) is 50.6 Å². The summed E-state index contributed by atoms with van der Waals surface area (Å²) in [7, 11) is 0. The molecule has 2 heterocycles. The van der Waals surface area contributed by atoms with E-state index in [4.69, 9.17) is 9.94 Å². The second-order valence-electron chi connectivity index (χ2n) is 7.51. The second-order valence-corrected chi connectivity index (χ2v) is 7.51. The van der Waals surface area contributed by atoms with E-state index in [9.17, 15) is 9.70 Å². The molecule has 1 saturated heterocycles. The Morgan fingerprint density at radius 2 is 2.00 bits per heavy atom. The zero-order chi connectivity index (χ0) is 18.1. The summed E-state index contributed by atoms with van der Waals surface area (Å²) < 4.78 is 5.44. The third kappa shape index (κ3) is 4.12. The Balaban J connectivity index is 2.11. The van der Waals surface area contributed by atoms with Gasteiger partial charge >= 0.3 is 11.9 Å². The Bertz CT molecular complexity index is 622. The Morgan fingerprint density at radius 1 is 1.33 bits per heavy atom. The molecule has 8 heteroatoms. The van der Waals surface area contributed by atoms with Crippen molar-refractivity contribution in [3.05, 3.63) is 23.2 Å². The SMILES string of the molecule is CC(C)(C)OC(=O)N1CCN(c2ccc([N+](=O)O)nc2)C(C)(C)C1. The number of carbonyl (C=O) groups is 1. The van der Waals surface area contributed by atoms with Crippen LogP contribution < -0.4 is 4.90 Å². The van der Waals surface area contributed by atoms with Gasteiger partial charge in [0.05, 0.1) is 11.2 Å². The molecule has 0 aliphatic carbocycles. The molecule has 0 unspecified atom stereocenters. The molecule has 1 amide bonds. The zero-order valence-electron chi connectivity index (χ0n) is 14.8. The van der Waals surface area contributed by atoms with Crippen LogP contribution in [0.5, 0.6) is 0 Å². The van der Waals surface area contributed by atoms with E-state index in [0.717, 1.165) is 5.69 Å². The monoisotopic (exact) mass is 337 g/mol. The molecule has 1 N–H and O–H groups in total. The maximum atomic E-state index is 12.3. The van der Waals surface area contributed by atoms with Gasteiger partial charge in [-0.3, -0.25) is 0 Å². The molecule has 8 nitrogen and oxygen atoms in total. The van der Waals surface area contributed by atoms with E-state index in [0.29, 0.717) is 19.6 Å². The smallest absolute Gasteiger partial charge is 0.410 e. The molecule has 0 saturated carbocycles. The third-order valence-electron chi connectivity index (χ3n) is 3.79. The molecule has 1 fully saturated rings. The normalized spacial score (nSPS) is 17.5. The summed E-state index contributed by atoms with van der Waals surface area (Å²) in [6, 6.07) is 3.19. The van der Waals surface area contributed by atoms with Crippen molar-refractivity contribution in [1.82, 2.24) is 9.88 Å². The average molecular weight is 337 g/mol. The van der Waals surface area contributed by atoms with Gasteiger partial charge in [-0.2, -0.15) is 0 Å². The van der Waals surface area contributed by atoms with Crippen molar-refractivity contribution < 1.29 is 19.7 Å². The lowest BCUT2D eigenvalue weighted by molar-refractivity contribution is -0.732. The van der Waals surface area contributed by atoms with Crippen LogP contribution in [0, 0.1) is 4.91 Å². The number of carbonyl (C=O) groups excluding carboxylic acids is 1. The van der Waals surface area contributed by atoms with Gasteiger partial charge in [-0.1, -0.05) is 0 Å². The van der Waals surface area contributed by atoms with Gasteiger partial charge in [-0.25, -0.2) is 4.79 Å². The van der Waals surface area contributed by atoms with Crippen molar-refractivity contribution in [2.75, 3.05) is 24.5 Å². The molecule has 0 atom stereocenters. The second kappa shape index (κ2) is 6.26. The fourth-order valence-corrected chi connectivity index (χ4v) is 2.77. The molecule has 0 spiro atoms. The van der Waals surface area contributed by atoms with Gasteiger partial charge in [0.15, 0.2) is 11.1 Å². The van der Waals surface area contributed by atoms with Crippen molar-refractivity contribution in [2.24, 2.45) is 0 Å². The quantitative estimate of drug-likeness (QED) is 0.835. The standard InChI is InChI=1S/C16H25N4O4/c1-15(2,3)24-14(21)18-8-9-19(16(4,5)11-18)12-6-7-13(17-10-12)20(22)23/h6-7,10H,8-9,11H2,1-5H3,(H,22,23)/q+1. The van der Waals surface area contributed by atoms with Gasteiger partial charge in [0, 0.05) is 25.7 Å². The maximum Gasteiger partial charge on any atom is 0.410 e. The summed E-state index contributed by atoms with van der Waals surface area (Å²) in [6.45, 7) is 11.3. The molecule has 0 radical (unpaired) electrons. The number of nitrogens with zero attached hydrogens (tertiary/aromatic N) is 4. The van der Waals surface area contributed by atoms with Crippen LogP contribution in [0.25, 0.3) is 0 Å². The van der Waals surface area contributed by atoms with Crippen LogP contribution in [0.1, 0.15) is 34.6 Å². The van der Waals surface area contributed by atoms with Crippen molar-refractivity contribution in [3.63, 3.8) is 0 Å². The summed E-state index contributed by atoms with van der Waals surface area (Å²) in [5, 5.41) is 8.86. The topological polar surface area (TPSA) is 86.0 Å². The number of amides is 1. The highest BCUT2D eigenvalue weighted by Gasteiger charge is 2.37. The van der Waals surface area contributed by atoms with Crippen molar-refractivity contribution in [1.29, 1.82) is 0 Å². The van der Waals surface area contributed by atoms with Gasteiger partial charge in [0.25, 0.3) is 0 Å². The number of hydrogen-bond acceptors (Lipinski definition) is 5. The Labute approximate surface area is 141 Å². The minimum atomic E-state index is -0.521. The number of rotatable bonds is 2. The average Bonchev–Trinajstić information content (AvgIpc) is 2.44. The number of anilines is 1. The van der Waals surface area contributed by atoms with E-state index < -0.39 is 5.60 Å². The first kappa shape index (κ1) is 18.0. The molecular formula is C16H25N4O4+. The fourth-order valence-electron chi connectivity index (χ4n) is 2.77. The third-order valence-corrected chi connectivity index (χ3v) is 3.79. The lowest BCUT2D eigenvalue weighted by atomic mass is 9.98. The Kier molecular flexibility index (Phi) is 4.68. The van der Waals surface area contributed by atoms with Crippen LogP contribution in [0.15, 0.2) is 18.3 Å². The van der Waals surface area contributed by atoms with Crippen molar-refractivity contribution >= 4 is 17.6 Å². The predicted octanol–water partition coefficient (Wildman–Crippen LogP) is 2.72. The van der Waals surface area contributed by atoms with Crippen molar-refractivity contribution in [2.45, 2.75) is 45.8 Å². The van der Waals surface area contributed by atoms with Crippen LogP contribution in [-0.4, -0.2) is 56.9 Å². The molecule has 0 bridgehead atoms. The van der Waals surface area contributed by atoms with E-state index in [2.05, 4.69) is 9.88 Å². The highest BCUT2D eigenvalue weighted by atomic mass is 16.6. The van der Waals surface area contributed by atoms with Crippen LogP contribution in [0.4, 0.5) is 16.3 Å². The summed E-state index contributed by atoms with van der Waals surface area (Å²) in [5.74, 6) is -0.0658. The highest BCUT2D eigenvalue weighted by molar-refractivity contribution is 5.69. The lowest BCUT2D eigenvalue weighted by Crippen LogP contribution is -2.61. The first-order valence-corrected chi connectivity index (χ1v) is 7.87. The van der Waals surface area contributed by atoms with Crippen LogP contribution in [-0.2, 0) is 4.74 Å². The van der Waals surface area contributed by atoms with Crippen LogP contribution in [0.3, 0.4) is 0 Å². The summed E-state index contributed by atoms with van der Waals surface area (Å²) in [5.41, 5.74) is -0.0177. The Hall–Kier alpha value is -2.38. The Morgan fingerprint density at radius 3 is 2.46 bits per heavy atom. The largest absolute Gasteiger partial charge is 0.444 e. The van der Waals surface area contributed by atoms with Crippen LogP contribution in [0.2, 0.25) is 0 Å². The predicted molar refractivity (Wildman–Crippen MR) is 88.5 cm³/mol. The molecule has 2 rings (SSSR count). The first-order valence-electron chi connectivity index (χ1n) is 7.87.